The molecule has 1 unspecified atom stereocenters. The summed E-state index contributed by atoms with van der Waals surface area (Å²) in [4.78, 5) is 21.5. The Morgan fingerprint density at radius 1 is 1.31 bits per heavy atom. The van der Waals surface area contributed by atoms with Gasteiger partial charge in [-0.2, -0.15) is 0 Å². The number of amides is 1. The quantitative estimate of drug-likeness (QED) is 0.601. The standard InChI is InChI=1S/C18H25FN3O6P/c1-4-26-29(25,27-5-2)12-15-20-28-18(22(15)10-7-11-23)13-8-6-9-14(19)16(13)21(3)17(18)24/h6,8-9,23H,4-5,7,10-12H2,1-3H3. The summed E-state index contributed by atoms with van der Waals surface area (Å²) >= 11 is 0. The Bertz CT molecular complexity index is 856. The van der Waals surface area contributed by atoms with Gasteiger partial charge < -0.3 is 28.8 Å². The fraction of sp³-hybridized carbons (Fsp3) is 0.556. The average Bonchev–Trinajstić information content (AvgIpc) is 3.13. The van der Waals surface area contributed by atoms with Gasteiger partial charge in [-0.1, -0.05) is 17.3 Å². The maximum atomic E-state index is 14.5. The Morgan fingerprint density at radius 2 is 2.00 bits per heavy atom. The summed E-state index contributed by atoms with van der Waals surface area (Å²) < 4.78 is 38.2. The van der Waals surface area contributed by atoms with Crippen molar-refractivity contribution in [3.63, 3.8) is 0 Å². The maximum Gasteiger partial charge on any atom is 0.338 e. The zero-order chi connectivity index (χ0) is 21.2. The molecule has 2 aliphatic rings. The molecule has 0 bridgehead atoms. The molecule has 1 aromatic carbocycles. The van der Waals surface area contributed by atoms with Crippen molar-refractivity contribution in [1.82, 2.24) is 4.90 Å². The number of fused-ring (bicyclic) bond motifs is 2. The molecule has 11 heteroatoms. The molecular weight excluding hydrogens is 404 g/mol. The first-order valence-corrected chi connectivity index (χ1v) is 11.2. The topological polar surface area (TPSA) is 101 Å². The summed E-state index contributed by atoms with van der Waals surface area (Å²) in [5.41, 5.74) is -1.33. The number of aliphatic hydroxyl groups excluding tert-OH is 1. The lowest BCUT2D eigenvalue weighted by Crippen LogP contribution is -2.53. The van der Waals surface area contributed by atoms with E-state index < -0.39 is 25.0 Å². The number of amidine groups is 1. The van der Waals surface area contributed by atoms with E-state index in [0.717, 1.165) is 0 Å². The minimum Gasteiger partial charge on any atom is -0.396 e. The minimum absolute atomic E-state index is 0.0979. The number of rotatable bonds is 9. The number of anilines is 1. The number of carbonyl (C=O) groups excluding carboxylic acids is 1. The SMILES string of the molecule is CCOP(=O)(CC1=NOC2(C(=O)N(C)c3c(F)cccc32)N1CCCO)OCC. The fourth-order valence-corrected chi connectivity index (χ4v) is 5.27. The van der Waals surface area contributed by atoms with Crippen molar-refractivity contribution in [3.05, 3.63) is 29.6 Å². The van der Waals surface area contributed by atoms with Gasteiger partial charge in [-0.05, 0) is 26.3 Å². The third kappa shape index (κ3) is 3.54. The summed E-state index contributed by atoms with van der Waals surface area (Å²) in [6.07, 6.45) is 0.0723. The van der Waals surface area contributed by atoms with Crippen LogP contribution in [0, 0.1) is 5.82 Å². The smallest absolute Gasteiger partial charge is 0.338 e. The minimum atomic E-state index is -3.54. The first-order chi connectivity index (χ1) is 13.8. The lowest BCUT2D eigenvalue weighted by Gasteiger charge is -2.33. The Hall–Kier alpha value is -2.00. The lowest BCUT2D eigenvalue weighted by molar-refractivity contribution is -0.157. The second-order valence-corrected chi connectivity index (χ2v) is 8.63. The number of carbonyl (C=O) groups is 1. The van der Waals surface area contributed by atoms with E-state index in [9.17, 15) is 18.9 Å². The van der Waals surface area contributed by atoms with Gasteiger partial charge in [0.05, 0.1) is 24.5 Å². The van der Waals surface area contributed by atoms with E-state index in [-0.39, 0.29) is 44.1 Å². The van der Waals surface area contributed by atoms with Gasteiger partial charge in [0.1, 0.15) is 12.0 Å². The van der Waals surface area contributed by atoms with Crippen LogP contribution in [0.3, 0.4) is 0 Å². The molecular formula is C18H25FN3O6P. The second-order valence-electron chi connectivity index (χ2n) is 6.58. The van der Waals surface area contributed by atoms with Gasteiger partial charge in [-0.25, -0.2) is 4.39 Å². The highest BCUT2D eigenvalue weighted by molar-refractivity contribution is 7.54. The van der Waals surface area contributed by atoms with Crippen molar-refractivity contribution in [2.45, 2.75) is 26.0 Å². The van der Waals surface area contributed by atoms with Crippen LogP contribution >= 0.6 is 7.60 Å². The van der Waals surface area contributed by atoms with Crippen LogP contribution in [-0.4, -0.2) is 61.3 Å². The molecule has 29 heavy (non-hydrogen) atoms. The molecule has 0 saturated carbocycles. The number of hydrogen-bond acceptors (Lipinski definition) is 8. The van der Waals surface area contributed by atoms with Gasteiger partial charge >= 0.3 is 13.3 Å². The number of hydrogen-bond donors (Lipinski definition) is 1. The molecule has 1 spiro atoms. The normalized spacial score (nSPS) is 21.0. The van der Waals surface area contributed by atoms with Crippen LogP contribution in [0.5, 0.6) is 0 Å². The van der Waals surface area contributed by atoms with Crippen molar-refractivity contribution in [1.29, 1.82) is 0 Å². The van der Waals surface area contributed by atoms with Crippen LogP contribution in [0.1, 0.15) is 25.8 Å². The first-order valence-electron chi connectivity index (χ1n) is 9.43. The predicted octanol–water partition coefficient (Wildman–Crippen LogP) is 2.25. The lowest BCUT2D eigenvalue weighted by atomic mass is 10.0. The average molecular weight is 429 g/mol. The highest BCUT2D eigenvalue weighted by atomic mass is 31.2. The fourth-order valence-electron chi connectivity index (χ4n) is 3.65. The zero-order valence-electron chi connectivity index (χ0n) is 16.6. The van der Waals surface area contributed by atoms with Crippen LogP contribution in [0.25, 0.3) is 0 Å². The van der Waals surface area contributed by atoms with E-state index in [4.69, 9.17) is 13.9 Å². The third-order valence-electron chi connectivity index (χ3n) is 4.78. The summed E-state index contributed by atoms with van der Waals surface area (Å²) in [6, 6.07) is 4.34. The second kappa shape index (κ2) is 8.39. The van der Waals surface area contributed by atoms with E-state index in [0.29, 0.717) is 12.0 Å². The van der Waals surface area contributed by atoms with E-state index >= 15 is 0 Å². The van der Waals surface area contributed by atoms with Crippen molar-refractivity contribution in [2.24, 2.45) is 5.16 Å². The summed E-state index contributed by atoms with van der Waals surface area (Å²) in [7, 11) is -2.08. The van der Waals surface area contributed by atoms with Crippen molar-refractivity contribution < 1.29 is 32.7 Å². The molecule has 2 heterocycles. The molecule has 0 saturated heterocycles. The molecule has 0 radical (unpaired) electrons. The van der Waals surface area contributed by atoms with Gasteiger partial charge in [0.25, 0.3) is 5.91 Å². The van der Waals surface area contributed by atoms with Crippen LogP contribution in [0.2, 0.25) is 0 Å². The van der Waals surface area contributed by atoms with Gasteiger partial charge in [-0.15, -0.1) is 0 Å². The number of para-hydroxylation sites is 1. The molecule has 2 aliphatic heterocycles. The van der Waals surface area contributed by atoms with Crippen molar-refractivity contribution in [3.8, 4) is 0 Å². The molecule has 1 aromatic rings. The number of aliphatic hydroxyl groups is 1. The van der Waals surface area contributed by atoms with E-state index in [1.807, 2.05) is 0 Å². The molecule has 1 N–H and O–H groups in total. The monoisotopic (exact) mass is 429 g/mol. The third-order valence-corrected chi connectivity index (χ3v) is 6.76. The Morgan fingerprint density at radius 3 is 2.62 bits per heavy atom. The summed E-state index contributed by atoms with van der Waals surface area (Å²) in [5, 5.41) is 13.4. The van der Waals surface area contributed by atoms with E-state index in [1.54, 1.807) is 19.9 Å². The Kier molecular flexibility index (Phi) is 6.28. The van der Waals surface area contributed by atoms with E-state index in [2.05, 4.69) is 5.16 Å². The Labute approximate surface area is 168 Å². The number of nitrogens with zero attached hydrogens (tertiary/aromatic N) is 3. The Balaban J connectivity index is 2.03. The highest BCUT2D eigenvalue weighted by Crippen LogP contribution is 2.52. The molecule has 0 aromatic heterocycles. The largest absolute Gasteiger partial charge is 0.396 e. The number of oxime groups is 1. The molecule has 9 nitrogen and oxygen atoms in total. The molecule has 0 aliphatic carbocycles. The summed E-state index contributed by atoms with van der Waals surface area (Å²) in [5.74, 6) is -0.914. The highest BCUT2D eigenvalue weighted by Gasteiger charge is 2.62. The molecule has 1 atom stereocenters. The van der Waals surface area contributed by atoms with Crippen LogP contribution < -0.4 is 4.90 Å². The van der Waals surface area contributed by atoms with Gasteiger partial charge in [-0.3, -0.25) is 9.36 Å². The zero-order valence-corrected chi connectivity index (χ0v) is 17.5. The molecule has 160 valence electrons. The van der Waals surface area contributed by atoms with Crippen LogP contribution in [0.4, 0.5) is 10.1 Å². The van der Waals surface area contributed by atoms with Crippen molar-refractivity contribution >= 4 is 25.0 Å². The number of halogens is 1. The summed E-state index contributed by atoms with van der Waals surface area (Å²) in [6.45, 7) is 3.75. The van der Waals surface area contributed by atoms with Gasteiger partial charge in [0.2, 0.25) is 0 Å². The maximum absolute atomic E-state index is 14.5. The first kappa shape index (κ1) is 21.7. The number of benzene rings is 1. The molecule has 1 amide bonds. The van der Waals surface area contributed by atoms with Gasteiger partial charge in [0.15, 0.2) is 5.84 Å². The van der Waals surface area contributed by atoms with Gasteiger partial charge in [0, 0.05) is 20.2 Å². The molecule has 0 fully saturated rings. The van der Waals surface area contributed by atoms with E-state index in [1.165, 1.54) is 29.0 Å². The van der Waals surface area contributed by atoms with Crippen LogP contribution in [-0.2, 0) is 29.0 Å². The van der Waals surface area contributed by atoms with Crippen molar-refractivity contribution in [2.75, 3.05) is 44.5 Å². The predicted molar refractivity (Wildman–Crippen MR) is 104 cm³/mol. The molecule has 3 rings (SSSR count). The number of likely N-dealkylation sites (N-methyl/N-ethyl adjacent to an activating group) is 1. The van der Waals surface area contributed by atoms with Crippen LogP contribution in [0.15, 0.2) is 23.4 Å².